The topological polar surface area (TPSA) is 128 Å². The molecular formula is C23H25N5O5. The van der Waals surface area contributed by atoms with Crippen LogP contribution in [0.4, 0.5) is 11.4 Å². The summed E-state index contributed by atoms with van der Waals surface area (Å²) in [5.74, 6) is -0.0243. The Labute approximate surface area is 190 Å². The zero-order chi connectivity index (χ0) is 24.0. The van der Waals surface area contributed by atoms with Crippen molar-refractivity contribution >= 4 is 23.2 Å². The summed E-state index contributed by atoms with van der Waals surface area (Å²) in [6.07, 6.45) is 0. The van der Waals surface area contributed by atoms with Gasteiger partial charge in [0.15, 0.2) is 0 Å². The maximum atomic E-state index is 12.4. The van der Waals surface area contributed by atoms with Gasteiger partial charge in [-0.1, -0.05) is 12.1 Å². The predicted molar refractivity (Wildman–Crippen MR) is 122 cm³/mol. The molecular weight excluding hydrogens is 426 g/mol. The van der Waals surface area contributed by atoms with Crippen molar-refractivity contribution in [3.8, 4) is 5.75 Å². The molecule has 0 aliphatic heterocycles. The number of benzene rings is 2. The molecule has 2 aromatic carbocycles. The van der Waals surface area contributed by atoms with E-state index in [1.807, 2.05) is 6.92 Å². The summed E-state index contributed by atoms with van der Waals surface area (Å²) in [4.78, 5) is 35.2. The average molecular weight is 451 g/mol. The van der Waals surface area contributed by atoms with Crippen LogP contribution in [0.1, 0.15) is 34.2 Å². The van der Waals surface area contributed by atoms with Gasteiger partial charge in [0.1, 0.15) is 17.1 Å². The van der Waals surface area contributed by atoms with Crippen molar-refractivity contribution in [3.05, 3.63) is 81.2 Å². The molecule has 0 saturated heterocycles. The first-order valence-corrected chi connectivity index (χ1v) is 10.4. The number of carbonyl (C=O) groups is 2. The molecule has 1 aromatic heterocycles. The van der Waals surface area contributed by atoms with Crippen LogP contribution in [0, 0.1) is 24.0 Å². The molecule has 0 aliphatic rings. The van der Waals surface area contributed by atoms with Gasteiger partial charge in [0.2, 0.25) is 5.91 Å². The SMILES string of the molecule is CCOc1ccc(NC(=O)CNC(=O)c2ccc(Cn3nc(C)c([N+](=O)[O-])c3C)cc2)cc1. The highest BCUT2D eigenvalue weighted by atomic mass is 16.6. The summed E-state index contributed by atoms with van der Waals surface area (Å²) in [7, 11) is 0. The molecule has 0 spiro atoms. The summed E-state index contributed by atoms with van der Waals surface area (Å²) in [5, 5.41) is 20.7. The molecule has 0 atom stereocenters. The van der Waals surface area contributed by atoms with Crippen LogP contribution in [0.15, 0.2) is 48.5 Å². The highest BCUT2D eigenvalue weighted by Gasteiger charge is 2.21. The van der Waals surface area contributed by atoms with Crippen LogP contribution >= 0.6 is 0 Å². The highest BCUT2D eigenvalue weighted by molar-refractivity contribution is 5.99. The van der Waals surface area contributed by atoms with Crippen LogP contribution in [0.25, 0.3) is 0 Å². The van der Waals surface area contributed by atoms with Crippen molar-refractivity contribution in [1.82, 2.24) is 15.1 Å². The quantitative estimate of drug-likeness (QED) is 0.380. The number of hydrogen-bond acceptors (Lipinski definition) is 6. The number of nitrogens with zero attached hydrogens (tertiary/aromatic N) is 3. The Morgan fingerprint density at radius 3 is 2.33 bits per heavy atom. The van der Waals surface area contributed by atoms with E-state index in [0.717, 1.165) is 5.56 Å². The number of aromatic nitrogens is 2. The minimum absolute atomic E-state index is 0.00881. The van der Waals surface area contributed by atoms with Crippen LogP contribution in [-0.2, 0) is 11.3 Å². The third-order valence-electron chi connectivity index (χ3n) is 4.93. The molecule has 0 bridgehead atoms. The number of hydrogen-bond donors (Lipinski definition) is 2. The molecule has 2 amide bonds. The fourth-order valence-corrected chi connectivity index (χ4v) is 3.31. The third kappa shape index (κ3) is 5.94. The monoisotopic (exact) mass is 451 g/mol. The number of rotatable bonds is 9. The minimum atomic E-state index is -0.437. The summed E-state index contributed by atoms with van der Waals surface area (Å²) < 4.78 is 6.92. The molecule has 0 radical (unpaired) electrons. The lowest BCUT2D eigenvalue weighted by Crippen LogP contribution is -2.32. The number of amides is 2. The van der Waals surface area contributed by atoms with Crippen LogP contribution < -0.4 is 15.4 Å². The van der Waals surface area contributed by atoms with E-state index < -0.39 is 4.92 Å². The first-order chi connectivity index (χ1) is 15.8. The number of nitro groups is 1. The Morgan fingerprint density at radius 2 is 1.76 bits per heavy atom. The Balaban J connectivity index is 1.53. The molecule has 33 heavy (non-hydrogen) atoms. The first kappa shape index (κ1) is 23.5. The summed E-state index contributed by atoms with van der Waals surface area (Å²) in [5.41, 5.74) is 2.67. The smallest absolute Gasteiger partial charge is 0.312 e. The number of anilines is 1. The van der Waals surface area contributed by atoms with Crippen LogP contribution in [0.5, 0.6) is 5.75 Å². The van der Waals surface area contributed by atoms with E-state index in [2.05, 4.69) is 15.7 Å². The lowest BCUT2D eigenvalue weighted by atomic mass is 10.1. The van der Waals surface area contributed by atoms with Gasteiger partial charge in [0, 0.05) is 11.3 Å². The van der Waals surface area contributed by atoms with E-state index in [4.69, 9.17) is 4.74 Å². The van der Waals surface area contributed by atoms with Crippen molar-refractivity contribution in [2.24, 2.45) is 0 Å². The van der Waals surface area contributed by atoms with Crippen molar-refractivity contribution in [2.45, 2.75) is 27.3 Å². The highest BCUT2D eigenvalue weighted by Crippen LogP contribution is 2.22. The Kier molecular flexibility index (Phi) is 7.39. The van der Waals surface area contributed by atoms with Crippen molar-refractivity contribution < 1.29 is 19.2 Å². The summed E-state index contributed by atoms with van der Waals surface area (Å²) >= 11 is 0. The largest absolute Gasteiger partial charge is 0.494 e. The molecule has 0 fully saturated rings. The van der Waals surface area contributed by atoms with E-state index in [9.17, 15) is 19.7 Å². The van der Waals surface area contributed by atoms with Gasteiger partial charge < -0.3 is 15.4 Å². The molecule has 0 aliphatic carbocycles. The van der Waals surface area contributed by atoms with Gasteiger partial charge in [-0.2, -0.15) is 5.10 Å². The van der Waals surface area contributed by atoms with Crippen LogP contribution in [-0.4, -0.2) is 39.7 Å². The number of carbonyl (C=O) groups excluding carboxylic acids is 2. The first-order valence-electron chi connectivity index (χ1n) is 10.4. The zero-order valence-corrected chi connectivity index (χ0v) is 18.6. The van der Waals surface area contributed by atoms with Crippen molar-refractivity contribution in [2.75, 3.05) is 18.5 Å². The second-order valence-electron chi connectivity index (χ2n) is 7.32. The third-order valence-corrected chi connectivity index (χ3v) is 4.93. The normalized spacial score (nSPS) is 10.5. The standard InChI is InChI=1S/C23H25N5O5/c1-4-33-20-11-9-19(10-12-20)25-21(29)13-24-23(30)18-7-5-17(6-8-18)14-27-16(3)22(28(31)32)15(2)26-27/h5-12H,4,13-14H2,1-3H3,(H,24,30)(H,25,29). The van der Waals surface area contributed by atoms with E-state index in [1.165, 1.54) is 0 Å². The van der Waals surface area contributed by atoms with Gasteiger partial charge in [-0.05, 0) is 62.7 Å². The maximum Gasteiger partial charge on any atom is 0.312 e. The average Bonchev–Trinajstić information content (AvgIpc) is 3.07. The molecule has 3 rings (SSSR count). The molecule has 10 heteroatoms. The van der Waals surface area contributed by atoms with E-state index >= 15 is 0 Å². The Hall–Kier alpha value is -4.21. The molecule has 3 aromatic rings. The van der Waals surface area contributed by atoms with E-state index in [0.29, 0.717) is 41.5 Å². The number of aryl methyl sites for hydroxylation is 1. The molecule has 1 heterocycles. The van der Waals surface area contributed by atoms with Gasteiger partial charge in [0.25, 0.3) is 5.91 Å². The van der Waals surface area contributed by atoms with Gasteiger partial charge in [0.05, 0.1) is 24.6 Å². The summed E-state index contributed by atoms with van der Waals surface area (Å²) in [6.45, 7) is 5.86. The molecule has 0 saturated carbocycles. The molecule has 172 valence electrons. The Bertz CT molecular complexity index is 1150. The zero-order valence-electron chi connectivity index (χ0n) is 18.6. The van der Waals surface area contributed by atoms with Gasteiger partial charge in [-0.15, -0.1) is 0 Å². The van der Waals surface area contributed by atoms with E-state index in [-0.39, 0.29) is 24.0 Å². The second kappa shape index (κ2) is 10.4. The van der Waals surface area contributed by atoms with Crippen molar-refractivity contribution in [1.29, 1.82) is 0 Å². The number of nitrogens with one attached hydrogen (secondary N) is 2. The fraction of sp³-hybridized carbons (Fsp3) is 0.261. The van der Waals surface area contributed by atoms with Gasteiger partial charge in [-0.25, -0.2) is 0 Å². The molecule has 0 unspecified atom stereocenters. The Morgan fingerprint density at radius 1 is 1.09 bits per heavy atom. The molecule has 10 nitrogen and oxygen atoms in total. The van der Waals surface area contributed by atoms with Gasteiger partial charge in [-0.3, -0.25) is 24.4 Å². The fourth-order valence-electron chi connectivity index (χ4n) is 3.31. The second-order valence-corrected chi connectivity index (χ2v) is 7.32. The van der Waals surface area contributed by atoms with E-state index in [1.54, 1.807) is 67.1 Å². The molecule has 2 N–H and O–H groups in total. The van der Waals surface area contributed by atoms with Crippen molar-refractivity contribution in [3.63, 3.8) is 0 Å². The van der Waals surface area contributed by atoms with Gasteiger partial charge >= 0.3 is 5.69 Å². The minimum Gasteiger partial charge on any atom is -0.494 e. The lowest BCUT2D eigenvalue weighted by molar-refractivity contribution is -0.386. The number of ether oxygens (including phenoxy) is 1. The van der Waals surface area contributed by atoms with Crippen LogP contribution in [0.3, 0.4) is 0 Å². The summed E-state index contributed by atoms with van der Waals surface area (Å²) in [6, 6.07) is 13.7. The maximum absolute atomic E-state index is 12.4. The van der Waals surface area contributed by atoms with Crippen LogP contribution in [0.2, 0.25) is 0 Å². The predicted octanol–water partition coefficient (Wildman–Crippen LogP) is 3.22. The lowest BCUT2D eigenvalue weighted by Gasteiger charge is -2.09.